The average Bonchev–Trinajstić information content (AvgIpc) is 2.63. The van der Waals surface area contributed by atoms with Gasteiger partial charge in [0.1, 0.15) is 0 Å². The number of primary amides is 1. The molecule has 1 heterocycles. The highest BCUT2D eigenvalue weighted by Crippen LogP contribution is 2.24. The molecule has 0 aliphatic heterocycles. The van der Waals surface area contributed by atoms with E-state index in [1.54, 1.807) is 36.7 Å². The van der Waals surface area contributed by atoms with E-state index >= 15 is 0 Å². The number of carbonyl (C=O) groups excluding carboxylic acids is 2. The average molecular weight is 324 g/mol. The maximum atomic E-state index is 13.2. The Hall–Kier alpha value is -2.79. The van der Waals surface area contributed by atoms with Crippen molar-refractivity contribution in [3.8, 4) is 0 Å². The lowest BCUT2D eigenvalue weighted by Gasteiger charge is -2.34. The van der Waals surface area contributed by atoms with Gasteiger partial charge < -0.3 is 5.73 Å². The van der Waals surface area contributed by atoms with Gasteiger partial charge in [0.2, 0.25) is 5.70 Å². The molecule has 2 N–H and O–H groups in total. The molecule has 0 unspecified atom stereocenters. The minimum absolute atomic E-state index is 0.131. The third-order valence-corrected chi connectivity index (χ3v) is 4.19. The molecule has 2 amide bonds. The van der Waals surface area contributed by atoms with Gasteiger partial charge in [0, 0.05) is 18.5 Å². The minimum Gasteiger partial charge on any atom is -0.361 e. The second-order valence-corrected chi connectivity index (χ2v) is 5.45. The van der Waals surface area contributed by atoms with Crippen molar-refractivity contribution in [2.24, 2.45) is 5.73 Å². The molecular formula is C19H22N3O2+. The van der Waals surface area contributed by atoms with Crippen LogP contribution < -0.4 is 5.73 Å². The second-order valence-electron chi connectivity index (χ2n) is 5.45. The second kappa shape index (κ2) is 7.66. The van der Waals surface area contributed by atoms with E-state index in [0.717, 1.165) is 5.56 Å². The molecule has 0 saturated carbocycles. The lowest BCUT2D eigenvalue weighted by atomic mass is 10.1. The number of pyridine rings is 1. The molecule has 1 aromatic carbocycles. The Labute approximate surface area is 142 Å². The van der Waals surface area contributed by atoms with Crippen LogP contribution in [0.4, 0.5) is 0 Å². The van der Waals surface area contributed by atoms with E-state index in [1.165, 1.54) is 0 Å². The number of amides is 2. The summed E-state index contributed by atoms with van der Waals surface area (Å²) >= 11 is 0. The summed E-state index contributed by atoms with van der Waals surface area (Å²) in [6.07, 6.45) is 4.94. The standard InChI is InChI=1S/C19H21N3O2/c1-3-22(4-2,19(24)16-10-6-5-7-11-16)17(18(20)23)13-15-9-8-12-21-14-15/h5-14H,3-4H2,1-2H3,(H-,20,23)/p+1/b17-13-. The van der Waals surface area contributed by atoms with Crippen LogP contribution in [0, 0.1) is 0 Å². The van der Waals surface area contributed by atoms with Crippen molar-refractivity contribution in [1.29, 1.82) is 0 Å². The molecule has 5 nitrogen and oxygen atoms in total. The molecule has 0 aliphatic carbocycles. The molecule has 2 rings (SSSR count). The maximum absolute atomic E-state index is 13.2. The first-order valence-electron chi connectivity index (χ1n) is 7.94. The highest BCUT2D eigenvalue weighted by Gasteiger charge is 2.41. The number of nitrogens with zero attached hydrogens (tertiary/aromatic N) is 2. The Kier molecular flexibility index (Phi) is 5.60. The predicted octanol–water partition coefficient (Wildman–Crippen LogP) is 2.60. The van der Waals surface area contributed by atoms with Crippen LogP contribution in [0.1, 0.15) is 29.8 Å². The quantitative estimate of drug-likeness (QED) is 0.656. The van der Waals surface area contributed by atoms with Gasteiger partial charge in [-0.25, -0.2) is 9.28 Å². The molecule has 0 bridgehead atoms. The van der Waals surface area contributed by atoms with Gasteiger partial charge in [0.25, 0.3) is 0 Å². The molecule has 0 spiro atoms. The van der Waals surface area contributed by atoms with Crippen molar-refractivity contribution < 1.29 is 14.1 Å². The predicted molar refractivity (Wildman–Crippen MR) is 93.5 cm³/mol. The van der Waals surface area contributed by atoms with E-state index in [9.17, 15) is 9.59 Å². The summed E-state index contributed by atoms with van der Waals surface area (Å²) in [5, 5.41) is 0. The van der Waals surface area contributed by atoms with Crippen molar-refractivity contribution in [2.45, 2.75) is 13.8 Å². The number of hydrogen-bond acceptors (Lipinski definition) is 3. The normalized spacial score (nSPS) is 12.0. The fourth-order valence-corrected chi connectivity index (χ4v) is 2.81. The van der Waals surface area contributed by atoms with Crippen molar-refractivity contribution in [3.05, 3.63) is 71.7 Å². The third kappa shape index (κ3) is 3.41. The van der Waals surface area contributed by atoms with Crippen molar-refractivity contribution in [2.75, 3.05) is 13.1 Å². The van der Waals surface area contributed by atoms with E-state index in [2.05, 4.69) is 4.98 Å². The van der Waals surface area contributed by atoms with Gasteiger partial charge in [-0.3, -0.25) is 9.78 Å². The Balaban J connectivity index is 2.59. The summed E-state index contributed by atoms with van der Waals surface area (Å²) < 4.78 is -0.131. The Morgan fingerprint density at radius 2 is 1.75 bits per heavy atom. The lowest BCUT2D eigenvalue weighted by Crippen LogP contribution is -2.54. The van der Waals surface area contributed by atoms with Crippen LogP contribution in [0.25, 0.3) is 6.08 Å². The number of rotatable bonds is 6. The van der Waals surface area contributed by atoms with Crippen LogP contribution >= 0.6 is 0 Å². The third-order valence-electron chi connectivity index (χ3n) is 4.19. The van der Waals surface area contributed by atoms with Gasteiger partial charge in [-0.1, -0.05) is 24.3 Å². The molecule has 124 valence electrons. The molecule has 0 atom stereocenters. The number of quaternary nitrogens is 1. The summed E-state index contributed by atoms with van der Waals surface area (Å²) in [5.41, 5.74) is 7.20. The first-order valence-corrected chi connectivity index (χ1v) is 7.94. The number of carbonyl (C=O) groups is 2. The van der Waals surface area contributed by atoms with E-state index in [-0.39, 0.29) is 16.1 Å². The monoisotopic (exact) mass is 324 g/mol. The lowest BCUT2D eigenvalue weighted by molar-refractivity contribution is -0.801. The fraction of sp³-hybridized carbons (Fsp3) is 0.211. The molecule has 1 aromatic heterocycles. The van der Waals surface area contributed by atoms with Crippen LogP contribution in [0.3, 0.4) is 0 Å². The van der Waals surface area contributed by atoms with Crippen molar-refractivity contribution in [3.63, 3.8) is 0 Å². The molecule has 0 aliphatic rings. The molecule has 24 heavy (non-hydrogen) atoms. The zero-order valence-corrected chi connectivity index (χ0v) is 14.0. The summed E-state index contributed by atoms with van der Waals surface area (Å²) in [6.45, 7) is 4.62. The summed E-state index contributed by atoms with van der Waals surface area (Å²) in [6, 6.07) is 12.6. The zero-order chi connectivity index (χ0) is 17.6. The van der Waals surface area contributed by atoms with E-state index in [1.807, 2.05) is 38.1 Å². The summed E-state index contributed by atoms with van der Waals surface area (Å²) in [7, 11) is 0. The Morgan fingerprint density at radius 1 is 1.08 bits per heavy atom. The highest BCUT2D eigenvalue weighted by atomic mass is 16.2. The SMILES string of the molecule is CC[N+](CC)(C(=O)c1ccccc1)/C(=C\c1cccnc1)C(N)=O. The maximum Gasteiger partial charge on any atom is 0.351 e. The number of likely N-dealkylation sites (N-methyl/N-ethyl adjacent to an activating group) is 1. The minimum atomic E-state index is -0.605. The summed E-state index contributed by atoms with van der Waals surface area (Å²) in [4.78, 5) is 29.4. The van der Waals surface area contributed by atoms with Crippen LogP contribution in [-0.4, -0.2) is 34.4 Å². The topological polar surface area (TPSA) is 73.1 Å². The van der Waals surface area contributed by atoms with Crippen LogP contribution in [0.2, 0.25) is 0 Å². The molecule has 2 aromatic rings. The van der Waals surface area contributed by atoms with Crippen LogP contribution in [0.5, 0.6) is 0 Å². The number of aromatic nitrogens is 1. The fourth-order valence-electron chi connectivity index (χ4n) is 2.81. The summed E-state index contributed by atoms with van der Waals surface area (Å²) in [5.74, 6) is -0.749. The van der Waals surface area contributed by atoms with Gasteiger partial charge >= 0.3 is 11.8 Å². The first kappa shape index (κ1) is 17.6. The number of hydrogen-bond donors (Lipinski definition) is 1. The molecular weight excluding hydrogens is 302 g/mol. The molecule has 0 saturated heterocycles. The van der Waals surface area contributed by atoms with Gasteiger partial charge in [-0.2, -0.15) is 0 Å². The Bertz CT molecular complexity index is 736. The van der Waals surface area contributed by atoms with Crippen molar-refractivity contribution >= 4 is 17.9 Å². The van der Waals surface area contributed by atoms with Crippen molar-refractivity contribution in [1.82, 2.24) is 4.98 Å². The number of nitrogens with two attached hydrogens (primary N) is 1. The molecule has 5 heteroatoms. The smallest absolute Gasteiger partial charge is 0.351 e. The van der Waals surface area contributed by atoms with E-state index < -0.39 is 5.91 Å². The van der Waals surface area contributed by atoms with Gasteiger partial charge in [-0.05, 0) is 37.6 Å². The molecule has 0 radical (unpaired) electrons. The van der Waals surface area contributed by atoms with E-state index in [0.29, 0.717) is 18.7 Å². The number of benzene rings is 1. The first-order chi connectivity index (χ1) is 11.5. The van der Waals surface area contributed by atoms with Gasteiger partial charge in [0.15, 0.2) is 0 Å². The van der Waals surface area contributed by atoms with Crippen LogP contribution in [-0.2, 0) is 4.79 Å². The van der Waals surface area contributed by atoms with E-state index in [4.69, 9.17) is 5.73 Å². The highest BCUT2D eigenvalue weighted by molar-refractivity contribution is 5.99. The largest absolute Gasteiger partial charge is 0.361 e. The van der Waals surface area contributed by atoms with Gasteiger partial charge in [-0.15, -0.1) is 0 Å². The van der Waals surface area contributed by atoms with Gasteiger partial charge in [0.05, 0.1) is 18.7 Å². The zero-order valence-electron chi connectivity index (χ0n) is 14.0. The van der Waals surface area contributed by atoms with Crippen LogP contribution in [0.15, 0.2) is 60.6 Å². The Morgan fingerprint density at radius 3 is 2.25 bits per heavy atom. The molecule has 0 fully saturated rings.